The number of aromatic amines is 2. The van der Waals surface area contributed by atoms with Crippen LogP contribution in [0.5, 0.6) is 0 Å². The summed E-state index contributed by atoms with van der Waals surface area (Å²) >= 11 is 0. The first-order valence-corrected chi connectivity index (χ1v) is 11.6. The third-order valence-electron chi connectivity index (χ3n) is 5.69. The van der Waals surface area contributed by atoms with E-state index in [4.69, 9.17) is 0 Å². The van der Waals surface area contributed by atoms with Crippen molar-refractivity contribution in [1.82, 2.24) is 15.0 Å². The molecule has 0 bridgehead atoms. The molecule has 2 aromatic heterocycles. The van der Waals surface area contributed by atoms with Crippen molar-refractivity contribution in [3.63, 3.8) is 0 Å². The first-order valence-electron chi connectivity index (χ1n) is 10.1. The summed E-state index contributed by atoms with van der Waals surface area (Å²) in [5, 5.41) is 11.9. The largest absolute Gasteiger partial charge is 0.379 e. The highest BCUT2D eigenvalue weighted by Gasteiger charge is 2.28. The van der Waals surface area contributed by atoms with Gasteiger partial charge in [-0.05, 0) is 48.9 Å². The fraction of sp³-hybridized carbons (Fsp3) is 0.0800. The predicted molar refractivity (Wildman–Crippen MR) is 123 cm³/mol. The van der Waals surface area contributed by atoms with E-state index < -0.39 is 15.4 Å². The molecule has 0 spiro atoms. The minimum absolute atomic E-state index is 0.178. The second-order valence-electron chi connectivity index (χ2n) is 7.84. The molecule has 0 aliphatic carbocycles. The number of nitrogens with zero attached hydrogens (tertiary/aromatic N) is 1. The van der Waals surface area contributed by atoms with Crippen LogP contribution in [0.4, 0.5) is 0 Å². The number of sulfone groups is 1. The molecule has 0 saturated heterocycles. The van der Waals surface area contributed by atoms with E-state index in [0.717, 1.165) is 16.5 Å². The molecule has 3 N–H and O–H groups in total. The van der Waals surface area contributed by atoms with Crippen molar-refractivity contribution < 1.29 is 13.5 Å². The summed E-state index contributed by atoms with van der Waals surface area (Å²) in [7, 11) is -3.71. The molecule has 0 saturated carbocycles. The maximum atomic E-state index is 13.3. The minimum atomic E-state index is -3.71. The smallest absolute Gasteiger partial charge is 0.206 e. The van der Waals surface area contributed by atoms with Crippen LogP contribution in [0.2, 0.25) is 0 Å². The third kappa shape index (κ3) is 3.41. The molecule has 3 aromatic carbocycles. The molecule has 1 atom stereocenters. The van der Waals surface area contributed by atoms with Gasteiger partial charge in [-0.3, -0.25) is 0 Å². The average molecular weight is 444 g/mol. The Morgan fingerprint density at radius 1 is 0.906 bits per heavy atom. The number of aliphatic hydroxyl groups is 1. The Balaban J connectivity index is 1.51. The molecule has 0 aliphatic rings. The average Bonchev–Trinajstić information content (AvgIpc) is 3.49. The molecule has 1 unspecified atom stereocenters. The number of hydrogen-bond donors (Lipinski definition) is 3. The van der Waals surface area contributed by atoms with Crippen LogP contribution in [0.1, 0.15) is 18.2 Å². The zero-order valence-electron chi connectivity index (χ0n) is 17.3. The van der Waals surface area contributed by atoms with Crippen LogP contribution in [-0.4, -0.2) is 28.5 Å². The van der Waals surface area contributed by atoms with E-state index in [1.54, 1.807) is 61.8 Å². The van der Waals surface area contributed by atoms with Crippen LogP contribution < -0.4 is 0 Å². The van der Waals surface area contributed by atoms with Gasteiger partial charge in [0.1, 0.15) is 11.4 Å². The number of rotatable bonds is 5. The third-order valence-corrected chi connectivity index (χ3v) is 7.44. The van der Waals surface area contributed by atoms with Gasteiger partial charge in [-0.25, -0.2) is 13.4 Å². The van der Waals surface area contributed by atoms with Crippen molar-refractivity contribution in [3.05, 3.63) is 103 Å². The second kappa shape index (κ2) is 7.47. The molecule has 0 fully saturated rings. The van der Waals surface area contributed by atoms with E-state index in [2.05, 4.69) is 15.0 Å². The second-order valence-corrected chi connectivity index (χ2v) is 9.79. The minimum Gasteiger partial charge on any atom is -0.379 e. The van der Waals surface area contributed by atoms with Gasteiger partial charge in [0.2, 0.25) is 9.84 Å². The molecule has 5 rings (SSSR count). The fourth-order valence-electron chi connectivity index (χ4n) is 3.78. The lowest BCUT2D eigenvalue weighted by molar-refractivity contribution is 0.0979. The van der Waals surface area contributed by atoms with Crippen LogP contribution in [0.15, 0.2) is 101 Å². The van der Waals surface area contributed by atoms with Gasteiger partial charge in [0.25, 0.3) is 0 Å². The number of benzene rings is 3. The van der Waals surface area contributed by atoms with Crippen molar-refractivity contribution in [2.75, 3.05) is 0 Å². The van der Waals surface area contributed by atoms with Crippen LogP contribution in [0, 0.1) is 0 Å². The summed E-state index contributed by atoms with van der Waals surface area (Å²) in [6, 6.07) is 22.8. The molecule has 0 aliphatic heterocycles. The van der Waals surface area contributed by atoms with E-state index in [0.29, 0.717) is 17.1 Å². The van der Waals surface area contributed by atoms with Crippen LogP contribution >= 0.6 is 0 Å². The van der Waals surface area contributed by atoms with Gasteiger partial charge in [-0.1, -0.05) is 42.5 Å². The van der Waals surface area contributed by atoms with E-state index in [1.807, 2.05) is 36.4 Å². The maximum absolute atomic E-state index is 13.3. The Morgan fingerprint density at radius 3 is 2.50 bits per heavy atom. The Labute approximate surface area is 185 Å². The van der Waals surface area contributed by atoms with Crippen molar-refractivity contribution in [3.8, 4) is 11.4 Å². The fourth-order valence-corrected chi connectivity index (χ4v) is 5.12. The normalized spacial score (nSPS) is 13.8. The zero-order valence-corrected chi connectivity index (χ0v) is 18.1. The number of hydrogen-bond acceptors (Lipinski definition) is 4. The molecular weight excluding hydrogens is 422 g/mol. The van der Waals surface area contributed by atoms with Gasteiger partial charge in [-0.15, -0.1) is 0 Å². The lowest BCUT2D eigenvalue weighted by atomic mass is 9.93. The van der Waals surface area contributed by atoms with Gasteiger partial charge < -0.3 is 15.1 Å². The van der Waals surface area contributed by atoms with Crippen molar-refractivity contribution in [2.45, 2.75) is 22.3 Å². The molecule has 7 heteroatoms. The lowest BCUT2D eigenvalue weighted by Gasteiger charge is -2.22. The number of imidazole rings is 1. The molecule has 6 nitrogen and oxygen atoms in total. The summed E-state index contributed by atoms with van der Waals surface area (Å²) in [4.78, 5) is 11.0. The van der Waals surface area contributed by atoms with Gasteiger partial charge in [0.05, 0.1) is 21.7 Å². The highest BCUT2D eigenvalue weighted by Crippen LogP contribution is 2.31. The van der Waals surface area contributed by atoms with Crippen molar-refractivity contribution in [2.24, 2.45) is 0 Å². The summed E-state index contributed by atoms with van der Waals surface area (Å²) in [6.45, 7) is 1.69. The van der Waals surface area contributed by atoms with E-state index in [-0.39, 0.29) is 9.79 Å². The van der Waals surface area contributed by atoms with Gasteiger partial charge in [-0.2, -0.15) is 0 Å². The van der Waals surface area contributed by atoms with Crippen molar-refractivity contribution in [1.29, 1.82) is 0 Å². The highest BCUT2D eigenvalue weighted by atomic mass is 32.2. The van der Waals surface area contributed by atoms with Gasteiger partial charge >= 0.3 is 0 Å². The summed E-state index contributed by atoms with van der Waals surface area (Å²) in [5.41, 5.74) is 1.48. The number of fused-ring (bicyclic) bond motifs is 1. The summed E-state index contributed by atoms with van der Waals surface area (Å²) in [6.07, 6.45) is 3.35. The maximum Gasteiger partial charge on any atom is 0.206 e. The molecular formula is C25H21N3O3S. The summed E-state index contributed by atoms with van der Waals surface area (Å²) in [5.74, 6) is 0.481. The van der Waals surface area contributed by atoms with E-state index in [1.165, 1.54) is 0 Å². The Hall–Kier alpha value is -3.68. The molecule has 32 heavy (non-hydrogen) atoms. The zero-order chi connectivity index (χ0) is 22.3. The molecule has 2 heterocycles. The van der Waals surface area contributed by atoms with Gasteiger partial charge in [0, 0.05) is 22.7 Å². The van der Waals surface area contributed by atoms with Crippen molar-refractivity contribution >= 4 is 20.7 Å². The topological polar surface area (TPSA) is 98.8 Å². The van der Waals surface area contributed by atoms with E-state index in [9.17, 15) is 13.5 Å². The standard InChI is InChI=1S/C25H21N3O3S/c1-25(29,19-7-3-2-4-8-19)23-16-27-24(28-23)18-6-5-9-20(15-18)32(30,31)21-10-11-22-17(14-21)12-13-26-22/h2-16,26,29H,1H3,(H,27,28). The summed E-state index contributed by atoms with van der Waals surface area (Å²) < 4.78 is 26.5. The molecule has 160 valence electrons. The van der Waals surface area contributed by atoms with E-state index >= 15 is 0 Å². The number of H-pyrrole nitrogens is 2. The van der Waals surface area contributed by atoms with Gasteiger partial charge in [0.15, 0.2) is 0 Å². The first kappa shape index (κ1) is 20.2. The Kier molecular flexibility index (Phi) is 4.73. The Morgan fingerprint density at radius 2 is 1.69 bits per heavy atom. The molecule has 0 amide bonds. The lowest BCUT2D eigenvalue weighted by Crippen LogP contribution is -2.23. The SMILES string of the molecule is CC(O)(c1ccccc1)c1cnc(-c2cccc(S(=O)(=O)c3ccc4[nH]ccc4c3)c2)[nH]1. The molecule has 0 radical (unpaired) electrons. The van der Waals surface area contributed by atoms with Crippen LogP contribution in [0.25, 0.3) is 22.3 Å². The monoisotopic (exact) mass is 443 g/mol. The highest BCUT2D eigenvalue weighted by molar-refractivity contribution is 7.91. The van der Waals surface area contributed by atoms with Crippen LogP contribution in [0.3, 0.4) is 0 Å². The quantitative estimate of drug-likeness (QED) is 0.368. The number of aromatic nitrogens is 3. The number of nitrogens with one attached hydrogen (secondary N) is 2. The van der Waals surface area contributed by atoms with Crippen LogP contribution in [-0.2, 0) is 15.4 Å². The Bertz CT molecular complexity index is 1520. The molecule has 5 aromatic rings. The predicted octanol–water partition coefficient (Wildman–Crippen LogP) is 4.65. The first-order chi connectivity index (χ1) is 15.4.